The predicted molar refractivity (Wildman–Crippen MR) is 97.0 cm³/mol. The maximum Gasteiger partial charge on any atom is 0.220 e. The molecule has 0 aliphatic carbocycles. The average Bonchev–Trinajstić information content (AvgIpc) is 2.64. The molecule has 3 aromatic rings. The van der Waals surface area contributed by atoms with Crippen LogP contribution in [0.1, 0.15) is 18.4 Å². The zero-order valence-corrected chi connectivity index (χ0v) is 13.6. The minimum absolute atomic E-state index is 0.0552. The van der Waals surface area contributed by atoms with Gasteiger partial charge in [0.15, 0.2) is 0 Å². The molecule has 1 amide bonds. The Bertz CT molecular complexity index is 794. The van der Waals surface area contributed by atoms with Crippen LogP contribution in [-0.4, -0.2) is 12.5 Å². The first kappa shape index (κ1) is 16.1. The van der Waals surface area contributed by atoms with Gasteiger partial charge in [-0.2, -0.15) is 0 Å². The molecule has 0 aromatic heterocycles. The number of nitrogens with one attached hydrogen (secondary N) is 1. The maximum absolute atomic E-state index is 12.0. The molecule has 0 atom stereocenters. The topological polar surface area (TPSA) is 38.3 Å². The third-order valence-electron chi connectivity index (χ3n) is 3.92. The van der Waals surface area contributed by atoms with E-state index in [0.29, 0.717) is 26.0 Å². The molecule has 24 heavy (non-hydrogen) atoms. The number of para-hydroxylation sites is 1. The van der Waals surface area contributed by atoms with Gasteiger partial charge >= 0.3 is 0 Å². The largest absolute Gasteiger partial charge is 0.494 e. The molecule has 0 bridgehead atoms. The standard InChI is InChI=1S/C21H21NO2/c23-21(14-7-15-24-19-11-2-1-3-12-19)22-16-18-10-6-9-17-8-4-5-13-20(17)18/h1-6,8-13H,7,14-16H2,(H,22,23). The highest BCUT2D eigenvalue weighted by Crippen LogP contribution is 2.18. The highest BCUT2D eigenvalue weighted by Gasteiger charge is 2.04. The number of hydrogen-bond acceptors (Lipinski definition) is 2. The summed E-state index contributed by atoms with van der Waals surface area (Å²) >= 11 is 0. The normalized spacial score (nSPS) is 10.5. The first-order valence-corrected chi connectivity index (χ1v) is 8.24. The van der Waals surface area contributed by atoms with E-state index in [2.05, 4.69) is 29.6 Å². The summed E-state index contributed by atoms with van der Waals surface area (Å²) in [5, 5.41) is 5.38. The van der Waals surface area contributed by atoms with E-state index in [0.717, 1.165) is 11.3 Å². The van der Waals surface area contributed by atoms with Gasteiger partial charge in [0, 0.05) is 13.0 Å². The molecule has 0 fully saturated rings. The quantitative estimate of drug-likeness (QED) is 0.659. The number of amides is 1. The summed E-state index contributed by atoms with van der Waals surface area (Å²) in [5.74, 6) is 0.897. The number of carbonyl (C=O) groups excluding carboxylic acids is 1. The van der Waals surface area contributed by atoms with Crippen LogP contribution in [0.15, 0.2) is 72.8 Å². The third-order valence-corrected chi connectivity index (χ3v) is 3.92. The molecule has 0 saturated heterocycles. The Morgan fingerprint density at radius 3 is 2.50 bits per heavy atom. The number of fused-ring (bicyclic) bond motifs is 1. The van der Waals surface area contributed by atoms with Crippen molar-refractivity contribution in [3.8, 4) is 5.75 Å². The zero-order valence-electron chi connectivity index (χ0n) is 13.6. The number of hydrogen-bond donors (Lipinski definition) is 1. The Kier molecular flexibility index (Phi) is 5.46. The molecule has 3 heteroatoms. The molecular formula is C21H21NO2. The summed E-state index contributed by atoms with van der Waals surface area (Å²) in [4.78, 5) is 12.0. The van der Waals surface area contributed by atoms with Crippen LogP contribution >= 0.6 is 0 Å². The second-order valence-corrected chi connectivity index (χ2v) is 5.68. The highest BCUT2D eigenvalue weighted by atomic mass is 16.5. The van der Waals surface area contributed by atoms with Crippen molar-refractivity contribution in [3.05, 3.63) is 78.4 Å². The van der Waals surface area contributed by atoms with E-state index in [-0.39, 0.29) is 5.91 Å². The minimum Gasteiger partial charge on any atom is -0.494 e. The summed E-state index contributed by atoms with van der Waals surface area (Å²) in [6.07, 6.45) is 1.17. The van der Waals surface area contributed by atoms with E-state index in [1.165, 1.54) is 10.8 Å². The molecule has 0 aliphatic rings. The Hall–Kier alpha value is -2.81. The molecule has 0 radical (unpaired) electrons. The van der Waals surface area contributed by atoms with Crippen LogP contribution in [0.25, 0.3) is 10.8 Å². The zero-order chi connectivity index (χ0) is 16.6. The number of rotatable bonds is 7. The van der Waals surface area contributed by atoms with E-state index in [4.69, 9.17) is 4.74 Å². The Morgan fingerprint density at radius 1 is 0.875 bits per heavy atom. The summed E-state index contributed by atoms with van der Waals surface area (Å²) in [5.41, 5.74) is 1.14. The van der Waals surface area contributed by atoms with E-state index in [1.807, 2.05) is 48.5 Å². The number of carbonyl (C=O) groups is 1. The second-order valence-electron chi connectivity index (χ2n) is 5.68. The van der Waals surface area contributed by atoms with Crippen LogP contribution in [0.4, 0.5) is 0 Å². The molecule has 1 N–H and O–H groups in total. The van der Waals surface area contributed by atoms with Crippen molar-refractivity contribution in [3.63, 3.8) is 0 Å². The van der Waals surface area contributed by atoms with Gasteiger partial charge in [-0.1, -0.05) is 60.7 Å². The monoisotopic (exact) mass is 319 g/mol. The molecule has 0 spiro atoms. The lowest BCUT2D eigenvalue weighted by molar-refractivity contribution is -0.121. The fourth-order valence-corrected chi connectivity index (χ4v) is 2.67. The molecule has 0 saturated carbocycles. The summed E-state index contributed by atoms with van der Waals surface area (Å²) < 4.78 is 5.60. The minimum atomic E-state index is 0.0552. The average molecular weight is 319 g/mol. The number of benzene rings is 3. The van der Waals surface area contributed by atoms with Crippen molar-refractivity contribution >= 4 is 16.7 Å². The third kappa shape index (κ3) is 4.35. The van der Waals surface area contributed by atoms with Gasteiger partial charge in [-0.25, -0.2) is 0 Å². The van der Waals surface area contributed by atoms with Gasteiger partial charge < -0.3 is 10.1 Å². The SMILES string of the molecule is O=C(CCCOc1ccccc1)NCc1cccc2ccccc12. The molecule has 3 aromatic carbocycles. The highest BCUT2D eigenvalue weighted by molar-refractivity contribution is 5.86. The smallest absolute Gasteiger partial charge is 0.220 e. The van der Waals surface area contributed by atoms with Crippen LogP contribution in [-0.2, 0) is 11.3 Å². The Labute approximate surface area is 142 Å². The van der Waals surface area contributed by atoms with Crippen molar-refractivity contribution in [2.45, 2.75) is 19.4 Å². The van der Waals surface area contributed by atoms with Crippen LogP contribution < -0.4 is 10.1 Å². The summed E-state index contributed by atoms with van der Waals surface area (Å²) in [6.45, 7) is 1.10. The Morgan fingerprint density at radius 2 is 1.62 bits per heavy atom. The van der Waals surface area contributed by atoms with Gasteiger partial charge in [0.2, 0.25) is 5.91 Å². The van der Waals surface area contributed by atoms with Crippen LogP contribution in [0.3, 0.4) is 0 Å². The second kappa shape index (κ2) is 8.16. The van der Waals surface area contributed by atoms with Crippen molar-refractivity contribution < 1.29 is 9.53 Å². The van der Waals surface area contributed by atoms with Gasteiger partial charge in [-0.05, 0) is 34.9 Å². The van der Waals surface area contributed by atoms with Crippen LogP contribution in [0, 0.1) is 0 Å². The molecule has 0 heterocycles. The first-order valence-electron chi connectivity index (χ1n) is 8.24. The molecule has 0 aliphatic heterocycles. The molecule has 122 valence electrons. The van der Waals surface area contributed by atoms with Gasteiger partial charge in [0.25, 0.3) is 0 Å². The summed E-state index contributed by atoms with van der Waals surface area (Å²) in [7, 11) is 0. The van der Waals surface area contributed by atoms with E-state index in [9.17, 15) is 4.79 Å². The van der Waals surface area contributed by atoms with Gasteiger partial charge in [0.1, 0.15) is 5.75 Å². The van der Waals surface area contributed by atoms with Crippen LogP contribution in [0.5, 0.6) is 5.75 Å². The first-order chi connectivity index (χ1) is 11.8. The molecule has 3 nitrogen and oxygen atoms in total. The lowest BCUT2D eigenvalue weighted by Gasteiger charge is -2.09. The number of ether oxygens (including phenoxy) is 1. The van der Waals surface area contributed by atoms with Crippen molar-refractivity contribution in [2.24, 2.45) is 0 Å². The van der Waals surface area contributed by atoms with E-state index in [1.54, 1.807) is 0 Å². The van der Waals surface area contributed by atoms with Crippen LogP contribution in [0.2, 0.25) is 0 Å². The predicted octanol–water partition coefficient (Wildman–Crippen LogP) is 4.32. The van der Waals surface area contributed by atoms with Crippen molar-refractivity contribution in [1.29, 1.82) is 0 Å². The fraction of sp³-hybridized carbons (Fsp3) is 0.190. The lowest BCUT2D eigenvalue weighted by atomic mass is 10.0. The van der Waals surface area contributed by atoms with Crippen molar-refractivity contribution in [1.82, 2.24) is 5.32 Å². The van der Waals surface area contributed by atoms with E-state index < -0.39 is 0 Å². The van der Waals surface area contributed by atoms with Crippen molar-refractivity contribution in [2.75, 3.05) is 6.61 Å². The fourth-order valence-electron chi connectivity index (χ4n) is 2.67. The van der Waals surface area contributed by atoms with Gasteiger partial charge in [0.05, 0.1) is 6.61 Å². The maximum atomic E-state index is 12.0. The summed E-state index contributed by atoms with van der Waals surface area (Å²) in [6, 6.07) is 24.0. The van der Waals surface area contributed by atoms with Gasteiger partial charge in [-0.15, -0.1) is 0 Å². The molecule has 0 unspecified atom stereocenters. The molecular weight excluding hydrogens is 298 g/mol. The molecule has 3 rings (SSSR count). The lowest BCUT2D eigenvalue weighted by Crippen LogP contribution is -2.23. The van der Waals surface area contributed by atoms with E-state index >= 15 is 0 Å². The van der Waals surface area contributed by atoms with Gasteiger partial charge in [-0.3, -0.25) is 4.79 Å². The Balaban J connectivity index is 1.44.